The summed E-state index contributed by atoms with van der Waals surface area (Å²) in [4.78, 5) is 13.9. The largest absolute Gasteiger partial charge is 0.378 e. The summed E-state index contributed by atoms with van der Waals surface area (Å²) in [5.41, 5.74) is 9.49. The first-order valence-corrected chi connectivity index (χ1v) is 7.28. The van der Waals surface area contributed by atoms with Crippen molar-refractivity contribution in [1.29, 1.82) is 0 Å². The molecule has 1 heterocycles. The highest BCUT2D eigenvalue weighted by atomic mass is 16.1. The molecule has 3 N–H and O–H groups in total. The molecule has 2 aromatic carbocycles. The van der Waals surface area contributed by atoms with Crippen molar-refractivity contribution in [1.82, 2.24) is 10.2 Å². The Balaban J connectivity index is 2.06. The van der Waals surface area contributed by atoms with Crippen LogP contribution in [0.5, 0.6) is 0 Å². The van der Waals surface area contributed by atoms with Crippen molar-refractivity contribution in [2.24, 2.45) is 5.73 Å². The van der Waals surface area contributed by atoms with E-state index in [4.69, 9.17) is 5.73 Å². The van der Waals surface area contributed by atoms with Gasteiger partial charge < -0.3 is 10.6 Å². The number of aromatic nitrogens is 2. The van der Waals surface area contributed by atoms with E-state index < -0.39 is 5.91 Å². The Kier molecular flexibility index (Phi) is 3.85. The highest BCUT2D eigenvalue weighted by Gasteiger charge is 2.11. The number of rotatable bonds is 4. The Morgan fingerprint density at radius 1 is 1.13 bits per heavy atom. The fourth-order valence-electron chi connectivity index (χ4n) is 2.47. The predicted molar refractivity (Wildman–Crippen MR) is 93.9 cm³/mol. The number of anilines is 1. The zero-order chi connectivity index (χ0) is 16.4. The van der Waals surface area contributed by atoms with Crippen molar-refractivity contribution in [3.63, 3.8) is 0 Å². The summed E-state index contributed by atoms with van der Waals surface area (Å²) in [6, 6.07) is 15.4. The maximum atomic E-state index is 11.9. The number of para-hydroxylation sites is 1. The van der Waals surface area contributed by atoms with E-state index in [0.29, 0.717) is 5.57 Å². The molecular weight excluding hydrogens is 288 g/mol. The fourth-order valence-corrected chi connectivity index (χ4v) is 2.47. The van der Waals surface area contributed by atoms with Crippen LogP contribution in [0.3, 0.4) is 0 Å². The number of carbonyl (C=O) groups is 1. The summed E-state index contributed by atoms with van der Waals surface area (Å²) in [5, 5.41) is 8.14. The van der Waals surface area contributed by atoms with Crippen molar-refractivity contribution in [3.05, 3.63) is 59.8 Å². The monoisotopic (exact) mass is 306 g/mol. The first-order valence-electron chi connectivity index (χ1n) is 7.28. The van der Waals surface area contributed by atoms with Gasteiger partial charge in [0.25, 0.3) is 0 Å². The lowest BCUT2D eigenvalue weighted by molar-refractivity contribution is -0.112. The molecule has 3 rings (SSSR count). The molecule has 3 aromatic rings. The van der Waals surface area contributed by atoms with E-state index in [1.165, 1.54) is 0 Å². The second-order valence-electron chi connectivity index (χ2n) is 5.52. The number of aromatic amines is 1. The van der Waals surface area contributed by atoms with Gasteiger partial charge in [-0.05, 0) is 29.8 Å². The number of amides is 1. The van der Waals surface area contributed by atoms with Crippen molar-refractivity contribution >= 4 is 34.1 Å². The lowest BCUT2D eigenvalue weighted by atomic mass is 10.0. The Morgan fingerprint density at radius 2 is 1.83 bits per heavy atom. The third-order valence-electron chi connectivity index (χ3n) is 3.74. The number of primary amides is 1. The van der Waals surface area contributed by atoms with Crippen LogP contribution in [0.2, 0.25) is 0 Å². The smallest absolute Gasteiger partial charge is 0.249 e. The van der Waals surface area contributed by atoms with Gasteiger partial charge in [0.05, 0.1) is 11.2 Å². The number of nitrogens with zero attached hydrogens (tertiary/aromatic N) is 2. The number of benzene rings is 2. The first-order chi connectivity index (χ1) is 11.1. The summed E-state index contributed by atoms with van der Waals surface area (Å²) >= 11 is 0. The van der Waals surface area contributed by atoms with Gasteiger partial charge in [-0.1, -0.05) is 30.3 Å². The fraction of sp³-hybridized carbons (Fsp3) is 0.111. The SMILES string of the molecule is CN(C)c1ccc(C(=Cc2[nH]nc3ccccc23)C(N)=O)cc1. The molecule has 0 spiro atoms. The second kappa shape index (κ2) is 5.96. The molecule has 1 aromatic heterocycles. The van der Waals surface area contributed by atoms with Crippen LogP contribution >= 0.6 is 0 Å². The van der Waals surface area contributed by atoms with E-state index in [-0.39, 0.29) is 0 Å². The molecule has 23 heavy (non-hydrogen) atoms. The van der Waals surface area contributed by atoms with Crippen molar-refractivity contribution in [2.45, 2.75) is 0 Å². The van der Waals surface area contributed by atoms with E-state index in [1.54, 1.807) is 6.08 Å². The highest BCUT2D eigenvalue weighted by Crippen LogP contribution is 2.23. The van der Waals surface area contributed by atoms with Crippen molar-refractivity contribution < 1.29 is 4.79 Å². The predicted octanol–water partition coefficient (Wildman–Crippen LogP) is 2.65. The topological polar surface area (TPSA) is 75.0 Å². The van der Waals surface area contributed by atoms with Crippen LogP contribution < -0.4 is 10.6 Å². The normalized spacial score (nSPS) is 11.7. The molecule has 0 saturated carbocycles. The van der Waals surface area contributed by atoms with Gasteiger partial charge in [0, 0.05) is 30.7 Å². The molecule has 0 aliphatic rings. The van der Waals surface area contributed by atoms with Crippen LogP contribution in [0, 0.1) is 0 Å². The summed E-state index contributed by atoms with van der Waals surface area (Å²) in [6.45, 7) is 0. The van der Waals surface area contributed by atoms with Gasteiger partial charge in [0.2, 0.25) is 5.91 Å². The zero-order valence-electron chi connectivity index (χ0n) is 13.1. The van der Waals surface area contributed by atoms with Gasteiger partial charge in [-0.2, -0.15) is 5.10 Å². The van der Waals surface area contributed by atoms with Crippen LogP contribution in [-0.2, 0) is 4.79 Å². The molecule has 0 radical (unpaired) electrons. The lowest BCUT2D eigenvalue weighted by Crippen LogP contribution is -2.13. The van der Waals surface area contributed by atoms with Crippen LogP contribution in [0.4, 0.5) is 5.69 Å². The minimum Gasteiger partial charge on any atom is -0.378 e. The van der Waals surface area contributed by atoms with Crippen LogP contribution in [0.25, 0.3) is 22.6 Å². The average Bonchev–Trinajstić information content (AvgIpc) is 2.95. The Morgan fingerprint density at radius 3 is 2.48 bits per heavy atom. The molecule has 116 valence electrons. The molecule has 5 heteroatoms. The van der Waals surface area contributed by atoms with E-state index in [0.717, 1.165) is 27.8 Å². The summed E-state index contributed by atoms with van der Waals surface area (Å²) in [5.74, 6) is -0.471. The Bertz CT molecular complexity index is 875. The molecule has 1 amide bonds. The maximum Gasteiger partial charge on any atom is 0.249 e. The Labute approximate surface area is 134 Å². The van der Waals surface area contributed by atoms with E-state index in [9.17, 15) is 4.79 Å². The second-order valence-corrected chi connectivity index (χ2v) is 5.52. The maximum absolute atomic E-state index is 11.9. The minimum absolute atomic E-state index is 0.449. The third-order valence-corrected chi connectivity index (χ3v) is 3.74. The van der Waals surface area contributed by atoms with Gasteiger partial charge in [-0.3, -0.25) is 9.89 Å². The van der Waals surface area contributed by atoms with Gasteiger partial charge >= 0.3 is 0 Å². The minimum atomic E-state index is -0.471. The van der Waals surface area contributed by atoms with Gasteiger partial charge in [0.1, 0.15) is 0 Å². The van der Waals surface area contributed by atoms with E-state index in [1.807, 2.05) is 67.5 Å². The first kappa shape index (κ1) is 14.8. The van der Waals surface area contributed by atoms with E-state index >= 15 is 0 Å². The molecular formula is C18H18N4O. The molecule has 0 aliphatic heterocycles. The molecule has 0 saturated heterocycles. The van der Waals surface area contributed by atoms with Gasteiger partial charge in [-0.25, -0.2) is 0 Å². The van der Waals surface area contributed by atoms with Crippen LogP contribution in [0.1, 0.15) is 11.3 Å². The zero-order valence-corrected chi connectivity index (χ0v) is 13.1. The number of H-pyrrole nitrogens is 1. The highest BCUT2D eigenvalue weighted by molar-refractivity contribution is 6.24. The summed E-state index contributed by atoms with van der Waals surface area (Å²) in [6.07, 6.45) is 1.75. The molecule has 5 nitrogen and oxygen atoms in total. The number of hydrogen-bond acceptors (Lipinski definition) is 3. The lowest BCUT2D eigenvalue weighted by Gasteiger charge is -2.13. The summed E-state index contributed by atoms with van der Waals surface area (Å²) in [7, 11) is 3.94. The van der Waals surface area contributed by atoms with Crippen LogP contribution in [-0.4, -0.2) is 30.2 Å². The number of hydrogen-bond donors (Lipinski definition) is 2. The third kappa shape index (κ3) is 2.94. The molecule has 0 aliphatic carbocycles. The number of nitrogens with two attached hydrogens (primary N) is 1. The quantitative estimate of drug-likeness (QED) is 0.728. The standard InChI is InChI=1S/C18H18N4O/c1-22(2)13-9-7-12(8-10-13)15(18(19)23)11-17-14-5-3-4-6-16(14)20-21-17/h3-11H,1-2H3,(H2,19,23)(H,20,21). The molecule has 0 atom stereocenters. The molecule has 0 bridgehead atoms. The molecule has 0 fully saturated rings. The van der Waals surface area contributed by atoms with Crippen molar-refractivity contribution in [3.8, 4) is 0 Å². The van der Waals surface area contributed by atoms with E-state index in [2.05, 4.69) is 10.2 Å². The Hall–Kier alpha value is -3.08. The number of carbonyl (C=O) groups excluding carboxylic acids is 1. The molecule has 0 unspecified atom stereocenters. The average molecular weight is 306 g/mol. The number of nitrogens with one attached hydrogen (secondary N) is 1. The number of fused-ring (bicyclic) bond motifs is 1. The van der Waals surface area contributed by atoms with Gasteiger partial charge in [-0.15, -0.1) is 0 Å². The summed E-state index contributed by atoms with van der Waals surface area (Å²) < 4.78 is 0. The van der Waals surface area contributed by atoms with Crippen LogP contribution in [0.15, 0.2) is 48.5 Å². The van der Waals surface area contributed by atoms with Gasteiger partial charge in [0.15, 0.2) is 0 Å². The van der Waals surface area contributed by atoms with Crippen molar-refractivity contribution in [2.75, 3.05) is 19.0 Å².